The molecule has 0 aromatic heterocycles. The normalized spacial score (nSPS) is 25.1. The van der Waals surface area contributed by atoms with Crippen LogP contribution >= 0.6 is 0 Å². The molecular weight excluding hydrogens is 442 g/mol. The number of methoxy groups -OCH3 is 1. The maximum atomic E-state index is 13.1. The minimum Gasteiger partial charge on any atom is -0.495 e. The van der Waals surface area contributed by atoms with Gasteiger partial charge in [-0.1, -0.05) is 0 Å². The van der Waals surface area contributed by atoms with Crippen molar-refractivity contribution in [1.82, 2.24) is 14.1 Å². The Hall–Kier alpha value is -1.69. The predicted octanol–water partition coefficient (Wildman–Crippen LogP) is 0.425. The maximum absolute atomic E-state index is 13.1. The second-order valence-electron chi connectivity index (χ2n) is 8.36. The van der Waals surface area contributed by atoms with Crippen molar-refractivity contribution in [2.75, 3.05) is 57.9 Å². The molecule has 1 aromatic carbocycles. The molecule has 3 aliphatic rings. The van der Waals surface area contributed by atoms with Crippen LogP contribution in [-0.2, 0) is 19.9 Å². The van der Waals surface area contributed by atoms with Crippen LogP contribution in [0.2, 0.25) is 0 Å². The first kappa shape index (κ1) is 22.5. The highest BCUT2D eigenvalue weighted by Gasteiger charge is 2.35. The van der Waals surface area contributed by atoms with Gasteiger partial charge in [0.05, 0.1) is 18.6 Å². The van der Waals surface area contributed by atoms with Gasteiger partial charge in [-0.25, -0.2) is 16.8 Å². The molecule has 0 bridgehead atoms. The van der Waals surface area contributed by atoms with Crippen LogP contribution in [0.3, 0.4) is 0 Å². The maximum Gasteiger partial charge on any atom is 0.253 e. The molecule has 0 N–H and O–H groups in total. The number of sulfone groups is 1. The van der Waals surface area contributed by atoms with E-state index in [9.17, 15) is 21.6 Å². The largest absolute Gasteiger partial charge is 0.495 e. The molecule has 1 amide bonds. The minimum absolute atomic E-state index is 0.0255. The third-order valence-corrected chi connectivity index (χ3v) is 10.1. The van der Waals surface area contributed by atoms with Crippen LogP contribution < -0.4 is 4.74 Å². The van der Waals surface area contributed by atoms with E-state index in [1.807, 2.05) is 0 Å². The Balaban J connectivity index is 1.48. The van der Waals surface area contributed by atoms with Gasteiger partial charge >= 0.3 is 0 Å². The van der Waals surface area contributed by atoms with Gasteiger partial charge in [-0.2, -0.15) is 4.31 Å². The average Bonchev–Trinajstić information content (AvgIpc) is 3.43. The Kier molecular flexibility index (Phi) is 6.30. The highest BCUT2D eigenvalue weighted by atomic mass is 32.2. The van der Waals surface area contributed by atoms with Crippen molar-refractivity contribution < 1.29 is 26.4 Å². The lowest BCUT2D eigenvalue weighted by Gasteiger charge is -2.37. The van der Waals surface area contributed by atoms with E-state index >= 15 is 0 Å². The molecule has 0 saturated carbocycles. The van der Waals surface area contributed by atoms with Crippen LogP contribution in [-0.4, -0.2) is 101 Å². The molecule has 31 heavy (non-hydrogen) atoms. The molecule has 0 spiro atoms. The number of hydrogen-bond donors (Lipinski definition) is 0. The van der Waals surface area contributed by atoms with Crippen LogP contribution in [0.5, 0.6) is 5.75 Å². The van der Waals surface area contributed by atoms with Crippen molar-refractivity contribution in [3.63, 3.8) is 0 Å². The number of nitrogens with zero attached hydrogens (tertiary/aromatic N) is 3. The summed E-state index contributed by atoms with van der Waals surface area (Å²) in [5.41, 5.74) is 0.315. The lowest BCUT2D eigenvalue weighted by molar-refractivity contribution is 0.0587. The Labute approximate surface area is 183 Å². The molecule has 1 atom stereocenters. The molecule has 0 unspecified atom stereocenters. The zero-order chi connectivity index (χ0) is 22.2. The highest BCUT2D eigenvalue weighted by Crippen LogP contribution is 2.30. The van der Waals surface area contributed by atoms with Gasteiger partial charge in [-0.3, -0.25) is 9.69 Å². The molecule has 1 aromatic rings. The van der Waals surface area contributed by atoms with E-state index in [0.29, 0.717) is 51.3 Å². The SMILES string of the molecule is COc1ccc(C(=O)N2CCN([C@H]3CCS(=O)(=O)C3)CC2)cc1S(=O)(=O)N1CCCC1. The first-order chi connectivity index (χ1) is 14.7. The second kappa shape index (κ2) is 8.68. The summed E-state index contributed by atoms with van der Waals surface area (Å²) in [4.78, 5) is 17.0. The molecular formula is C20H29N3O6S2. The minimum atomic E-state index is -3.73. The van der Waals surface area contributed by atoms with E-state index < -0.39 is 19.9 Å². The summed E-state index contributed by atoms with van der Waals surface area (Å²) in [5.74, 6) is 0.434. The fourth-order valence-electron chi connectivity index (χ4n) is 4.61. The molecule has 4 rings (SSSR count). The smallest absolute Gasteiger partial charge is 0.253 e. The molecule has 3 saturated heterocycles. The predicted molar refractivity (Wildman–Crippen MR) is 116 cm³/mol. The first-order valence-corrected chi connectivity index (χ1v) is 13.9. The average molecular weight is 472 g/mol. The third-order valence-electron chi connectivity index (χ3n) is 6.42. The number of amides is 1. The number of carbonyl (C=O) groups excluding carboxylic acids is 1. The van der Waals surface area contributed by atoms with Gasteiger partial charge in [0.2, 0.25) is 10.0 Å². The Bertz CT molecular complexity index is 1040. The van der Waals surface area contributed by atoms with Gasteiger partial charge in [0.15, 0.2) is 9.84 Å². The highest BCUT2D eigenvalue weighted by molar-refractivity contribution is 7.91. The molecule has 0 aliphatic carbocycles. The van der Waals surface area contributed by atoms with E-state index in [0.717, 1.165) is 12.8 Å². The molecule has 9 nitrogen and oxygen atoms in total. The molecule has 3 fully saturated rings. The van der Waals surface area contributed by atoms with Crippen LogP contribution in [0.4, 0.5) is 0 Å². The second-order valence-corrected chi connectivity index (χ2v) is 12.5. The summed E-state index contributed by atoms with van der Waals surface area (Å²) in [6.07, 6.45) is 2.30. The number of rotatable bonds is 5. The Morgan fingerprint density at radius 3 is 2.32 bits per heavy atom. The quantitative estimate of drug-likeness (QED) is 0.613. The van der Waals surface area contributed by atoms with Crippen molar-refractivity contribution >= 4 is 25.8 Å². The molecule has 11 heteroatoms. The Morgan fingerprint density at radius 2 is 1.74 bits per heavy atom. The summed E-state index contributed by atoms with van der Waals surface area (Å²) in [5, 5.41) is 0. The Morgan fingerprint density at radius 1 is 1.06 bits per heavy atom. The van der Waals surface area contributed by atoms with Crippen molar-refractivity contribution in [2.45, 2.75) is 30.2 Å². The molecule has 3 aliphatic heterocycles. The number of hydrogen-bond acceptors (Lipinski definition) is 7. The van der Waals surface area contributed by atoms with Gasteiger partial charge < -0.3 is 9.64 Å². The monoisotopic (exact) mass is 471 g/mol. The topological polar surface area (TPSA) is 104 Å². The lowest BCUT2D eigenvalue weighted by atomic mass is 10.1. The van der Waals surface area contributed by atoms with E-state index in [1.54, 1.807) is 11.0 Å². The van der Waals surface area contributed by atoms with Gasteiger partial charge in [0.25, 0.3) is 5.91 Å². The van der Waals surface area contributed by atoms with Crippen LogP contribution in [0.1, 0.15) is 29.6 Å². The van der Waals surface area contributed by atoms with Crippen molar-refractivity contribution in [3.8, 4) is 5.75 Å². The molecule has 172 valence electrons. The zero-order valence-electron chi connectivity index (χ0n) is 17.7. The summed E-state index contributed by atoms with van der Waals surface area (Å²) in [6, 6.07) is 4.58. The number of carbonyl (C=O) groups is 1. The number of piperazine rings is 1. The standard InChI is InChI=1S/C20H29N3O6S2/c1-29-18-5-4-16(14-19(18)31(27,28)23-7-2-3-8-23)20(24)22-11-9-21(10-12-22)17-6-13-30(25,26)15-17/h4-5,14,17H,2-3,6-13,15H2,1H3/t17-/m0/s1. The lowest BCUT2D eigenvalue weighted by Crippen LogP contribution is -2.52. The fraction of sp³-hybridized carbons (Fsp3) is 0.650. The van der Waals surface area contributed by atoms with E-state index in [4.69, 9.17) is 4.74 Å². The number of benzene rings is 1. The van der Waals surface area contributed by atoms with Crippen LogP contribution in [0.15, 0.2) is 23.1 Å². The summed E-state index contributed by atoms with van der Waals surface area (Å²) < 4.78 is 56.4. The summed E-state index contributed by atoms with van der Waals surface area (Å²) in [6.45, 7) is 3.14. The molecule has 3 heterocycles. The van der Waals surface area contributed by atoms with Gasteiger partial charge in [-0.05, 0) is 37.5 Å². The summed E-state index contributed by atoms with van der Waals surface area (Å²) >= 11 is 0. The zero-order valence-corrected chi connectivity index (χ0v) is 19.3. The number of ether oxygens (including phenoxy) is 1. The third kappa shape index (κ3) is 4.59. The van der Waals surface area contributed by atoms with E-state index in [2.05, 4.69) is 4.90 Å². The van der Waals surface area contributed by atoms with Gasteiger partial charge in [0.1, 0.15) is 10.6 Å². The molecule has 0 radical (unpaired) electrons. The van der Waals surface area contributed by atoms with Crippen molar-refractivity contribution in [2.24, 2.45) is 0 Å². The van der Waals surface area contributed by atoms with Crippen molar-refractivity contribution in [1.29, 1.82) is 0 Å². The van der Waals surface area contributed by atoms with Gasteiger partial charge in [0, 0.05) is 50.9 Å². The fourth-order valence-corrected chi connectivity index (χ4v) is 8.08. The van der Waals surface area contributed by atoms with Crippen LogP contribution in [0.25, 0.3) is 0 Å². The number of sulfonamides is 1. The van der Waals surface area contributed by atoms with Crippen molar-refractivity contribution in [3.05, 3.63) is 23.8 Å². The van der Waals surface area contributed by atoms with Gasteiger partial charge in [-0.15, -0.1) is 0 Å². The van der Waals surface area contributed by atoms with E-state index in [-0.39, 0.29) is 34.1 Å². The van der Waals surface area contributed by atoms with Crippen LogP contribution in [0, 0.1) is 0 Å². The van der Waals surface area contributed by atoms with E-state index in [1.165, 1.54) is 23.5 Å². The first-order valence-electron chi connectivity index (χ1n) is 10.6. The summed E-state index contributed by atoms with van der Waals surface area (Å²) in [7, 11) is -5.25.